The van der Waals surface area contributed by atoms with Crippen LogP contribution in [0.4, 0.5) is 0 Å². The molecule has 5 heteroatoms. The Bertz CT molecular complexity index is 413. The third-order valence-electron chi connectivity index (χ3n) is 3.88. The summed E-state index contributed by atoms with van der Waals surface area (Å²) in [5.41, 5.74) is 1.19. The molecule has 1 N–H and O–H groups in total. The van der Waals surface area contributed by atoms with E-state index in [2.05, 4.69) is 36.4 Å². The Balaban J connectivity index is 1.78. The Morgan fingerprint density at radius 3 is 2.71 bits per heavy atom. The summed E-state index contributed by atoms with van der Waals surface area (Å²) in [6.07, 6.45) is 2.60. The Kier molecular flexibility index (Phi) is 6.61. The molecule has 4 nitrogen and oxygen atoms in total. The van der Waals surface area contributed by atoms with Gasteiger partial charge in [-0.2, -0.15) is 0 Å². The molecule has 1 atom stereocenters. The van der Waals surface area contributed by atoms with E-state index in [0.717, 1.165) is 31.2 Å². The molecule has 1 aromatic rings. The van der Waals surface area contributed by atoms with Crippen molar-refractivity contribution in [1.29, 1.82) is 0 Å². The molecule has 2 heterocycles. The first-order valence-corrected chi connectivity index (χ1v) is 9.00. The van der Waals surface area contributed by atoms with E-state index in [9.17, 15) is 0 Å². The molecule has 0 amide bonds. The van der Waals surface area contributed by atoms with E-state index in [1.54, 1.807) is 11.3 Å². The Morgan fingerprint density at radius 1 is 1.38 bits per heavy atom. The normalized spacial score (nSPS) is 19.3. The number of rotatable bonds is 7. The highest BCUT2D eigenvalue weighted by atomic mass is 32.1. The minimum atomic E-state index is 0.120. The fourth-order valence-corrected chi connectivity index (χ4v) is 3.68. The lowest BCUT2D eigenvalue weighted by Crippen LogP contribution is -2.44. The first-order valence-electron chi connectivity index (χ1n) is 8.12. The molecule has 21 heavy (non-hydrogen) atoms. The number of piperidine rings is 1. The molecule has 0 unspecified atom stereocenters. The molecule has 2 rings (SSSR count). The lowest BCUT2D eigenvalue weighted by Gasteiger charge is -2.33. The zero-order valence-corrected chi connectivity index (χ0v) is 14.6. The second kappa shape index (κ2) is 8.22. The average Bonchev–Trinajstić information content (AvgIpc) is 2.89. The van der Waals surface area contributed by atoms with Crippen molar-refractivity contribution in [3.63, 3.8) is 0 Å². The summed E-state index contributed by atoms with van der Waals surface area (Å²) in [7, 11) is 0. The van der Waals surface area contributed by atoms with E-state index in [-0.39, 0.29) is 6.10 Å². The predicted molar refractivity (Wildman–Crippen MR) is 88.7 cm³/mol. The maximum atomic E-state index is 5.61. The summed E-state index contributed by atoms with van der Waals surface area (Å²) in [5, 5.41) is 6.93. The van der Waals surface area contributed by atoms with E-state index in [1.807, 2.05) is 6.92 Å². The minimum Gasteiger partial charge on any atom is -0.372 e. The van der Waals surface area contributed by atoms with Gasteiger partial charge in [-0.25, -0.2) is 4.98 Å². The summed E-state index contributed by atoms with van der Waals surface area (Å²) < 4.78 is 5.61. The molecule has 0 bridgehead atoms. The van der Waals surface area contributed by atoms with Crippen LogP contribution < -0.4 is 5.32 Å². The van der Waals surface area contributed by atoms with Crippen LogP contribution in [0, 0.1) is 0 Å². The SMILES string of the molecule is CCO[C@H](C)c1nc(CN2CCC(NC(C)C)CC2)cs1. The molecule has 0 saturated carbocycles. The first-order chi connectivity index (χ1) is 10.1. The third-order valence-corrected chi connectivity index (χ3v) is 4.93. The molecule has 0 aliphatic carbocycles. The van der Waals surface area contributed by atoms with Crippen molar-refractivity contribution >= 4 is 11.3 Å². The fourth-order valence-electron chi connectivity index (χ4n) is 2.86. The van der Waals surface area contributed by atoms with Gasteiger partial charge in [-0.05, 0) is 26.7 Å². The number of hydrogen-bond acceptors (Lipinski definition) is 5. The minimum absolute atomic E-state index is 0.120. The van der Waals surface area contributed by atoms with Crippen LogP contribution in [-0.2, 0) is 11.3 Å². The number of nitrogens with one attached hydrogen (secondary N) is 1. The molecule has 1 aliphatic rings. The molecule has 0 radical (unpaired) electrons. The van der Waals surface area contributed by atoms with Gasteiger partial charge >= 0.3 is 0 Å². The summed E-state index contributed by atoms with van der Waals surface area (Å²) in [6.45, 7) is 12.6. The monoisotopic (exact) mass is 311 g/mol. The highest BCUT2D eigenvalue weighted by molar-refractivity contribution is 7.09. The highest BCUT2D eigenvalue weighted by Crippen LogP contribution is 2.22. The van der Waals surface area contributed by atoms with E-state index >= 15 is 0 Å². The second-order valence-corrected chi connectivity index (χ2v) is 7.04. The van der Waals surface area contributed by atoms with Crippen LogP contribution in [0.25, 0.3) is 0 Å². The van der Waals surface area contributed by atoms with Gasteiger partial charge in [0.15, 0.2) is 0 Å². The lowest BCUT2D eigenvalue weighted by molar-refractivity contribution is 0.0759. The summed E-state index contributed by atoms with van der Waals surface area (Å²) >= 11 is 1.72. The molecular formula is C16H29N3OS. The Labute approximate surface area is 132 Å². The van der Waals surface area contributed by atoms with Crippen molar-refractivity contribution in [2.24, 2.45) is 0 Å². The highest BCUT2D eigenvalue weighted by Gasteiger charge is 2.20. The maximum absolute atomic E-state index is 5.61. The van der Waals surface area contributed by atoms with E-state index in [1.165, 1.54) is 18.5 Å². The average molecular weight is 311 g/mol. The lowest BCUT2D eigenvalue weighted by atomic mass is 10.0. The summed E-state index contributed by atoms with van der Waals surface area (Å²) in [6, 6.07) is 1.27. The molecule has 0 spiro atoms. The largest absolute Gasteiger partial charge is 0.372 e. The van der Waals surface area contributed by atoms with Crippen LogP contribution in [0.3, 0.4) is 0 Å². The van der Waals surface area contributed by atoms with Crippen LogP contribution in [0.1, 0.15) is 57.3 Å². The van der Waals surface area contributed by atoms with E-state index < -0.39 is 0 Å². The van der Waals surface area contributed by atoms with Gasteiger partial charge in [0.05, 0.1) is 5.69 Å². The van der Waals surface area contributed by atoms with E-state index in [0.29, 0.717) is 12.1 Å². The first kappa shape index (κ1) is 16.9. The number of hydrogen-bond donors (Lipinski definition) is 1. The van der Waals surface area contributed by atoms with Gasteiger partial charge in [-0.3, -0.25) is 4.90 Å². The van der Waals surface area contributed by atoms with E-state index in [4.69, 9.17) is 9.72 Å². The zero-order chi connectivity index (χ0) is 15.2. The van der Waals surface area contributed by atoms with Crippen molar-refractivity contribution in [1.82, 2.24) is 15.2 Å². The van der Waals surface area contributed by atoms with Crippen molar-refractivity contribution < 1.29 is 4.74 Å². The topological polar surface area (TPSA) is 37.4 Å². The van der Waals surface area contributed by atoms with Gasteiger partial charge in [-0.1, -0.05) is 13.8 Å². The van der Waals surface area contributed by atoms with Gasteiger partial charge in [0.2, 0.25) is 0 Å². The summed E-state index contributed by atoms with van der Waals surface area (Å²) in [5.74, 6) is 0. The van der Waals surface area contributed by atoms with Crippen molar-refractivity contribution in [3.05, 3.63) is 16.1 Å². The van der Waals surface area contributed by atoms with Crippen LogP contribution in [0.5, 0.6) is 0 Å². The van der Waals surface area contributed by atoms with Crippen molar-refractivity contribution in [2.75, 3.05) is 19.7 Å². The van der Waals surface area contributed by atoms with Gasteiger partial charge in [0, 0.05) is 43.7 Å². The molecule has 1 aromatic heterocycles. The molecule has 0 aromatic carbocycles. The van der Waals surface area contributed by atoms with Crippen LogP contribution in [0.15, 0.2) is 5.38 Å². The van der Waals surface area contributed by atoms with Crippen molar-refractivity contribution in [3.8, 4) is 0 Å². The number of likely N-dealkylation sites (tertiary alicyclic amines) is 1. The second-order valence-electron chi connectivity index (χ2n) is 6.15. The number of nitrogens with zero attached hydrogens (tertiary/aromatic N) is 2. The van der Waals surface area contributed by atoms with Crippen LogP contribution >= 0.6 is 11.3 Å². The van der Waals surface area contributed by atoms with Gasteiger partial charge in [-0.15, -0.1) is 11.3 Å². The Hall–Kier alpha value is -0.490. The number of thiazole rings is 1. The smallest absolute Gasteiger partial charge is 0.122 e. The third kappa shape index (κ3) is 5.33. The standard InChI is InChI=1S/C16H29N3OS/c1-5-20-13(4)16-18-15(11-21-16)10-19-8-6-14(7-9-19)17-12(2)3/h11-14,17H,5-10H2,1-4H3/t13-/m1/s1. The predicted octanol–water partition coefficient (Wildman–Crippen LogP) is 3.20. The molecule has 120 valence electrons. The van der Waals surface area contributed by atoms with Crippen molar-refractivity contribution in [2.45, 2.75) is 65.3 Å². The molecule has 1 fully saturated rings. The fraction of sp³-hybridized carbons (Fsp3) is 0.812. The van der Waals surface area contributed by atoms with Crippen LogP contribution in [-0.4, -0.2) is 41.7 Å². The Morgan fingerprint density at radius 2 is 2.10 bits per heavy atom. The van der Waals surface area contributed by atoms with Gasteiger partial charge in [0.1, 0.15) is 11.1 Å². The quantitative estimate of drug-likeness (QED) is 0.839. The zero-order valence-electron chi connectivity index (χ0n) is 13.8. The molecular weight excluding hydrogens is 282 g/mol. The van der Waals surface area contributed by atoms with Gasteiger partial charge < -0.3 is 10.1 Å². The molecule has 1 aliphatic heterocycles. The van der Waals surface area contributed by atoms with Gasteiger partial charge in [0.25, 0.3) is 0 Å². The van der Waals surface area contributed by atoms with Crippen LogP contribution in [0.2, 0.25) is 0 Å². The molecule has 1 saturated heterocycles. The maximum Gasteiger partial charge on any atom is 0.122 e. The number of ether oxygens (including phenoxy) is 1. The summed E-state index contributed by atoms with van der Waals surface area (Å²) in [4.78, 5) is 7.24. The number of aromatic nitrogens is 1.